The second-order valence-electron chi connectivity index (χ2n) is 4.47. The lowest BCUT2D eigenvalue weighted by molar-refractivity contribution is -0.123. The lowest BCUT2D eigenvalue weighted by Gasteiger charge is -2.08. The van der Waals surface area contributed by atoms with Crippen LogP contribution >= 0.6 is 11.6 Å². The Morgan fingerprint density at radius 1 is 1.29 bits per heavy atom. The van der Waals surface area contributed by atoms with E-state index in [1.54, 1.807) is 49.6 Å². The fourth-order valence-corrected chi connectivity index (χ4v) is 1.84. The maximum atomic E-state index is 11.8. The molecule has 1 aromatic carbocycles. The van der Waals surface area contributed by atoms with Gasteiger partial charge in [-0.15, -0.1) is 0 Å². The predicted octanol–water partition coefficient (Wildman–Crippen LogP) is 1.73. The summed E-state index contributed by atoms with van der Waals surface area (Å²) in [5.74, 6) is 0.265. The van der Waals surface area contributed by atoms with Gasteiger partial charge in [-0.25, -0.2) is 0 Å². The summed E-state index contributed by atoms with van der Waals surface area (Å²) in [5, 5.41) is 3.25. The van der Waals surface area contributed by atoms with E-state index in [9.17, 15) is 9.59 Å². The van der Waals surface area contributed by atoms with Gasteiger partial charge in [0.25, 0.3) is 11.5 Å². The van der Waals surface area contributed by atoms with Crippen LogP contribution in [0.15, 0.2) is 47.4 Å². The Morgan fingerprint density at radius 2 is 2.00 bits per heavy atom. The number of halogens is 1. The summed E-state index contributed by atoms with van der Waals surface area (Å²) in [5.41, 5.74) is 0.399. The Balaban J connectivity index is 1.83. The van der Waals surface area contributed by atoms with Gasteiger partial charge in [-0.3, -0.25) is 9.59 Å². The second kappa shape index (κ2) is 6.95. The SMILES string of the molecule is Cn1cccc(CNC(=O)COc2ccc(Cl)cc2)c1=O. The monoisotopic (exact) mass is 306 g/mol. The summed E-state index contributed by atoms with van der Waals surface area (Å²) in [6.07, 6.45) is 1.66. The van der Waals surface area contributed by atoms with Gasteiger partial charge in [-0.05, 0) is 30.3 Å². The third-order valence-corrected chi connectivity index (χ3v) is 3.11. The fraction of sp³-hybridized carbons (Fsp3) is 0.200. The van der Waals surface area contributed by atoms with Gasteiger partial charge in [-0.1, -0.05) is 17.7 Å². The number of carbonyl (C=O) groups excluding carboxylic acids is 1. The molecule has 2 rings (SSSR count). The number of amides is 1. The number of nitrogens with zero attached hydrogens (tertiary/aromatic N) is 1. The van der Waals surface area contributed by atoms with Gasteiger partial charge in [0.15, 0.2) is 6.61 Å². The van der Waals surface area contributed by atoms with Gasteiger partial charge in [0.2, 0.25) is 0 Å². The Labute approximate surface area is 127 Å². The van der Waals surface area contributed by atoms with Crippen LogP contribution in [0.4, 0.5) is 0 Å². The molecule has 0 saturated heterocycles. The molecule has 0 atom stereocenters. The number of rotatable bonds is 5. The molecule has 0 aliphatic heterocycles. The summed E-state index contributed by atoms with van der Waals surface area (Å²) in [6, 6.07) is 10.2. The first-order chi connectivity index (χ1) is 10.1. The highest BCUT2D eigenvalue weighted by molar-refractivity contribution is 6.30. The summed E-state index contributed by atoms with van der Waals surface area (Å²) in [4.78, 5) is 23.4. The van der Waals surface area contributed by atoms with Crippen molar-refractivity contribution in [3.8, 4) is 5.75 Å². The molecule has 0 aliphatic carbocycles. The van der Waals surface area contributed by atoms with Crippen LogP contribution in [0, 0.1) is 0 Å². The average Bonchev–Trinajstić information content (AvgIpc) is 2.48. The number of pyridine rings is 1. The number of hydrogen-bond acceptors (Lipinski definition) is 3. The number of ether oxygens (including phenoxy) is 1. The second-order valence-corrected chi connectivity index (χ2v) is 4.91. The molecule has 0 saturated carbocycles. The smallest absolute Gasteiger partial charge is 0.258 e. The Morgan fingerprint density at radius 3 is 2.71 bits per heavy atom. The molecule has 1 amide bonds. The van der Waals surface area contributed by atoms with Crippen molar-refractivity contribution in [2.75, 3.05) is 6.61 Å². The van der Waals surface area contributed by atoms with E-state index >= 15 is 0 Å². The van der Waals surface area contributed by atoms with E-state index in [2.05, 4.69) is 5.32 Å². The molecule has 5 nitrogen and oxygen atoms in total. The number of carbonyl (C=O) groups is 1. The minimum absolute atomic E-state index is 0.116. The highest BCUT2D eigenvalue weighted by Gasteiger charge is 2.05. The van der Waals surface area contributed by atoms with Gasteiger partial charge < -0.3 is 14.6 Å². The molecule has 0 spiro atoms. The number of aromatic nitrogens is 1. The van der Waals surface area contributed by atoms with Crippen LogP contribution in [0.2, 0.25) is 5.02 Å². The zero-order valence-electron chi connectivity index (χ0n) is 11.5. The van der Waals surface area contributed by atoms with Crippen molar-refractivity contribution >= 4 is 17.5 Å². The van der Waals surface area contributed by atoms with E-state index in [0.29, 0.717) is 16.3 Å². The minimum Gasteiger partial charge on any atom is -0.484 e. The van der Waals surface area contributed by atoms with Gasteiger partial charge in [0, 0.05) is 30.4 Å². The van der Waals surface area contributed by atoms with E-state index in [1.165, 1.54) is 4.57 Å². The standard InChI is InChI=1S/C15H15ClN2O3/c1-18-8-2-3-11(15(18)20)9-17-14(19)10-21-13-6-4-12(16)5-7-13/h2-8H,9-10H2,1H3,(H,17,19). The predicted molar refractivity (Wildman–Crippen MR) is 80.5 cm³/mol. The molecule has 1 N–H and O–H groups in total. The molecular weight excluding hydrogens is 292 g/mol. The third-order valence-electron chi connectivity index (χ3n) is 2.86. The summed E-state index contributed by atoms with van der Waals surface area (Å²) in [7, 11) is 1.66. The number of hydrogen-bond donors (Lipinski definition) is 1. The highest BCUT2D eigenvalue weighted by Crippen LogP contribution is 2.15. The van der Waals surface area contributed by atoms with Crippen LogP contribution in [0.1, 0.15) is 5.56 Å². The Kier molecular flexibility index (Phi) is 5.00. The largest absolute Gasteiger partial charge is 0.484 e. The molecule has 1 aromatic heterocycles. The lowest BCUT2D eigenvalue weighted by Crippen LogP contribution is -2.31. The molecule has 0 bridgehead atoms. The van der Waals surface area contributed by atoms with Crippen LogP contribution in [0.3, 0.4) is 0 Å². The Hall–Kier alpha value is -2.27. The molecule has 0 aliphatic rings. The van der Waals surface area contributed by atoms with E-state index in [4.69, 9.17) is 16.3 Å². The van der Waals surface area contributed by atoms with Crippen LogP contribution in [0.5, 0.6) is 5.75 Å². The van der Waals surface area contributed by atoms with Crippen molar-refractivity contribution in [2.24, 2.45) is 7.05 Å². The normalized spacial score (nSPS) is 10.2. The van der Waals surface area contributed by atoms with Crippen molar-refractivity contribution in [3.05, 3.63) is 63.5 Å². The lowest BCUT2D eigenvalue weighted by atomic mass is 10.3. The average molecular weight is 307 g/mol. The van der Waals surface area contributed by atoms with E-state index in [0.717, 1.165) is 0 Å². The van der Waals surface area contributed by atoms with Gasteiger partial charge in [0.1, 0.15) is 5.75 Å². The summed E-state index contributed by atoms with van der Waals surface area (Å²) < 4.78 is 6.78. The highest BCUT2D eigenvalue weighted by atomic mass is 35.5. The van der Waals surface area contributed by atoms with E-state index in [1.807, 2.05) is 0 Å². The zero-order chi connectivity index (χ0) is 15.2. The minimum atomic E-state index is -0.296. The van der Waals surface area contributed by atoms with Gasteiger partial charge in [-0.2, -0.15) is 0 Å². The molecule has 2 aromatic rings. The molecule has 0 radical (unpaired) electrons. The maximum absolute atomic E-state index is 11.8. The summed E-state index contributed by atoms with van der Waals surface area (Å²) in [6.45, 7) is 0.0606. The van der Waals surface area contributed by atoms with Crippen molar-refractivity contribution < 1.29 is 9.53 Å². The number of nitrogens with one attached hydrogen (secondary N) is 1. The van der Waals surface area contributed by atoms with Gasteiger partial charge >= 0.3 is 0 Å². The van der Waals surface area contributed by atoms with Gasteiger partial charge in [0.05, 0.1) is 0 Å². The molecule has 110 valence electrons. The Bertz CT molecular complexity index is 680. The first kappa shape index (κ1) is 15.1. The zero-order valence-corrected chi connectivity index (χ0v) is 12.3. The number of aryl methyl sites for hydroxylation is 1. The van der Waals surface area contributed by atoms with Crippen LogP contribution in [0.25, 0.3) is 0 Å². The molecule has 0 fully saturated rings. The van der Waals surface area contributed by atoms with Crippen LogP contribution < -0.4 is 15.6 Å². The first-order valence-electron chi connectivity index (χ1n) is 6.36. The van der Waals surface area contributed by atoms with Crippen molar-refractivity contribution in [1.82, 2.24) is 9.88 Å². The molecule has 1 heterocycles. The number of benzene rings is 1. The quantitative estimate of drug-likeness (QED) is 0.915. The summed E-state index contributed by atoms with van der Waals surface area (Å²) >= 11 is 5.75. The van der Waals surface area contributed by atoms with E-state index in [-0.39, 0.29) is 24.6 Å². The fourth-order valence-electron chi connectivity index (χ4n) is 1.71. The molecular formula is C15H15ClN2O3. The third kappa shape index (κ3) is 4.36. The van der Waals surface area contributed by atoms with Crippen molar-refractivity contribution in [1.29, 1.82) is 0 Å². The molecule has 6 heteroatoms. The van der Waals surface area contributed by atoms with E-state index < -0.39 is 0 Å². The van der Waals surface area contributed by atoms with Crippen LogP contribution in [-0.2, 0) is 18.4 Å². The van der Waals surface area contributed by atoms with Crippen molar-refractivity contribution in [2.45, 2.75) is 6.54 Å². The maximum Gasteiger partial charge on any atom is 0.258 e. The van der Waals surface area contributed by atoms with Crippen LogP contribution in [-0.4, -0.2) is 17.1 Å². The first-order valence-corrected chi connectivity index (χ1v) is 6.73. The topological polar surface area (TPSA) is 60.3 Å². The van der Waals surface area contributed by atoms with Crippen molar-refractivity contribution in [3.63, 3.8) is 0 Å². The molecule has 21 heavy (non-hydrogen) atoms. The molecule has 0 unspecified atom stereocenters.